The van der Waals surface area contributed by atoms with E-state index in [-0.39, 0.29) is 22.9 Å². The van der Waals surface area contributed by atoms with E-state index in [1.165, 1.54) is 0 Å². The van der Waals surface area contributed by atoms with Crippen molar-refractivity contribution in [2.24, 2.45) is 11.5 Å². The van der Waals surface area contributed by atoms with Crippen LogP contribution in [0.1, 0.15) is 34.1 Å². The Balaban J connectivity index is 1.35. The number of nitriles is 2. The first-order valence-electron chi connectivity index (χ1n) is 13.1. The van der Waals surface area contributed by atoms with Gasteiger partial charge in [0.2, 0.25) is 23.5 Å². The van der Waals surface area contributed by atoms with Gasteiger partial charge >= 0.3 is 0 Å². The van der Waals surface area contributed by atoms with Crippen LogP contribution in [0.5, 0.6) is 11.8 Å². The van der Waals surface area contributed by atoms with E-state index in [4.69, 9.17) is 20.9 Å². The molecule has 202 valence electrons. The molecule has 0 saturated carbocycles. The molecule has 0 radical (unpaired) electrons. The second-order valence-corrected chi connectivity index (χ2v) is 9.88. The van der Waals surface area contributed by atoms with Crippen LogP contribution in [-0.2, 0) is 0 Å². The highest BCUT2D eigenvalue weighted by Crippen LogP contribution is 2.48. The summed E-state index contributed by atoms with van der Waals surface area (Å²) in [6.07, 6.45) is 0. The number of H-pyrrole nitrogens is 2. The average molecular weight is 551 g/mol. The largest absolute Gasteiger partial charge is 0.420 e. The maximum Gasteiger partial charge on any atom is 0.244 e. The molecule has 7 rings (SSSR count). The van der Waals surface area contributed by atoms with Gasteiger partial charge in [-0.05, 0) is 22.3 Å². The van der Waals surface area contributed by atoms with Crippen LogP contribution in [0, 0.1) is 22.7 Å². The van der Waals surface area contributed by atoms with E-state index in [9.17, 15) is 10.5 Å². The number of aromatic amines is 2. The molecule has 0 fully saturated rings. The zero-order valence-electron chi connectivity index (χ0n) is 22.0. The molecule has 42 heavy (non-hydrogen) atoms. The molecule has 2 unspecified atom stereocenters. The van der Waals surface area contributed by atoms with Gasteiger partial charge in [-0.2, -0.15) is 10.5 Å². The van der Waals surface area contributed by atoms with Crippen molar-refractivity contribution in [1.82, 2.24) is 20.4 Å². The van der Waals surface area contributed by atoms with Gasteiger partial charge in [-0.3, -0.25) is 10.2 Å². The molecule has 0 saturated heterocycles. The van der Waals surface area contributed by atoms with Crippen LogP contribution in [0.4, 0.5) is 0 Å². The monoisotopic (exact) mass is 550 g/mol. The number of rotatable bonds is 4. The summed E-state index contributed by atoms with van der Waals surface area (Å²) in [5, 5.41) is 35.1. The van der Waals surface area contributed by atoms with Gasteiger partial charge in [-0.15, -0.1) is 10.2 Å². The molecule has 10 heteroatoms. The summed E-state index contributed by atoms with van der Waals surface area (Å²) in [7, 11) is 0. The Hall–Kier alpha value is -6.26. The van der Waals surface area contributed by atoms with Crippen LogP contribution in [0.25, 0.3) is 22.5 Å². The highest BCUT2D eigenvalue weighted by atomic mass is 16.5. The lowest BCUT2D eigenvalue weighted by molar-refractivity contribution is 0.378. The van der Waals surface area contributed by atoms with Gasteiger partial charge in [-0.1, -0.05) is 84.9 Å². The number of nitrogens with two attached hydrogens (primary N) is 2. The summed E-state index contributed by atoms with van der Waals surface area (Å²) in [5.41, 5.74) is 19.3. The molecule has 2 aromatic heterocycles. The molecule has 0 bridgehead atoms. The quantitative estimate of drug-likeness (QED) is 0.244. The second kappa shape index (κ2) is 9.73. The van der Waals surface area contributed by atoms with E-state index >= 15 is 0 Å². The van der Waals surface area contributed by atoms with Gasteiger partial charge in [0.1, 0.15) is 23.3 Å². The van der Waals surface area contributed by atoms with Crippen LogP contribution in [-0.4, -0.2) is 20.4 Å². The fourth-order valence-corrected chi connectivity index (χ4v) is 5.69. The van der Waals surface area contributed by atoms with Crippen LogP contribution >= 0.6 is 0 Å². The molecule has 2 atom stereocenters. The van der Waals surface area contributed by atoms with Gasteiger partial charge < -0.3 is 20.9 Å². The zero-order chi connectivity index (χ0) is 28.8. The lowest BCUT2D eigenvalue weighted by Crippen LogP contribution is -2.22. The summed E-state index contributed by atoms with van der Waals surface area (Å²) >= 11 is 0. The molecule has 0 amide bonds. The normalized spacial score (nSPS) is 17.4. The standard InChI is InChI=1S/C32H22N8O2/c33-15-21-23(25-27(19-7-3-1-4-8-19)37-39-31(25)41-29(21)35)17-11-13-18(14-12-17)24-22(16-34)30(36)42-32-26(24)28(38-40-32)20-9-5-2-6-10-20/h1-14,23-24H,35-36H2,(H,37,39)(H,38,40). The molecule has 0 aliphatic carbocycles. The molecule has 3 aromatic carbocycles. The van der Waals surface area contributed by atoms with Crippen molar-refractivity contribution in [1.29, 1.82) is 10.5 Å². The minimum absolute atomic E-state index is 0.00707. The smallest absolute Gasteiger partial charge is 0.244 e. The summed E-state index contributed by atoms with van der Waals surface area (Å²) in [4.78, 5) is 0. The number of fused-ring (bicyclic) bond motifs is 2. The molecule has 6 N–H and O–H groups in total. The van der Waals surface area contributed by atoms with Gasteiger partial charge in [-0.25, -0.2) is 0 Å². The Bertz CT molecular complexity index is 1830. The Morgan fingerprint density at radius 2 is 0.976 bits per heavy atom. The molecule has 4 heterocycles. The summed E-state index contributed by atoms with van der Waals surface area (Å²) < 4.78 is 11.5. The third kappa shape index (κ3) is 3.79. The van der Waals surface area contributed by atoms with Crippen molar-refractivity contribution in [2.75, 3.05) is 0 Å². The minimum atomic E-state index is -0.531. The Kier molecular flexibility index (Phi) is 5.74. The number of ether oxygens (including phenoxy) is 2. The number of nitrogens with one attached hydrogen (secondary N) is 2. The first-order valence-corrected chi connectivity index (χ1v) is 13.1. The molecule has 0 spiro atoms. The predicted molar refractivity (Wildman–Crippen MR) is 153 cm³/mol. The Morgan fingerprint density at radius 3 is 1.33 bits per heavy atom. The SMILES string of the molecule is N#CC1=C(N)Oc2n[nH]c(-c3ccccc3)c2C1c1ccc(C2C(C#N)=C(N)Oc3n[nH]c(-c4ccccc4)c32)cc1. The average Bonchev–Trinajstić information content (AvgIpc) is 3.65. The van der Waals surface area contributed by atoms with Crippen molar-refractivity contribution in [3.05, 3.63) is 130 Å². The number of hydrogen-bond acceptors (Lipinski definition) is 8. The molecule has 2 aliphatic rings. The van der Waals surface area contributed by atoms with Crippen LogP contribution in [0.3, 0.4) is 0 Å². The number of hydrogen-bond donors (Lipinski definition) is 4. The van der Waals surface area contributed by atoms with Crippen LogP contribution in [0.15, 0.2) is 108 Å². The van der Waals surface area contributed by atoms with Crippen LogP contribution in [0.2, 0.25) is 0 Å². The fraction of sp³-hybridized carbons (Fsp3) is 0.0625. The topological polar surface area (TPSA) is 175 Å². The Labute approximate surface area is 240 Å². The maximum absolute atomic E-state index is 10.1. The van der Waals surface area contributed by atoms with E-state index < -0.39 is 11.8 Å². The lowest BCUT2D eigenvalue weighted by Gasteiger charge is -2.26. The summed E-state index contributed by atoms with van der Waals surface area (Å²) in [6, 6.07) is 31.6. The van der Waals surface area contributed by atoms with Gasteiger partial charge in [0.15, 0.2) is 0 Å². The van der Waals surface area contributed by atoms with E-state index in [1.54, 1.807) is 0 Å². The van der Waals surface area contributed by atoms with E-state index in [0.29, 0.717) is 11.8 Å². The molecular formula is C32H22N8O2. The van der Waals surface area contributed by atoms with Crippen molar-refractivity contribution in [2.45, 2.75) is 11.8 Å². The van der Waals surface area contributed by atoms with Gasteiger partial charge in [0.05, 0.1) is 34.4 Å². The number of benzene rings is 3. The van der Waals surface area contributed by atoms with Crippen molar-refractivity contribution in [3.8, 4) is 46.4 Å². The second-order valence-electron chi connectivity index (χ2n) is 9.88. The molecule has 10 nitrogen and oxygen atoms in total. The molecule has 2 aliphatic heterocycles. The van der Waals surface area contributed by atoms with E-state index in [1.807, 2.05) is 84.9 Å². The third-order valence-electron chi connectivity index (χ3n) is 7.61. The Morgan fingerprint density at radius 1 is 0.595 bits per heavy atom. The number of nitrogens with zero attached hydrogens (tertiary/aromatic N) is 4. The summed E-state index contributed by atoms with van der Waals surface area (Å²) in [5.74, 6) is -0.405. The van der Waals surface area contributed by atoms with E-state index in [2.05, 4.69) is 32.5 Å². The van der Waals surface area contributed by atoms with E-state index in [0.717, 1.165) is 44.8 Å². The highest BCUT2D eigenvalue weighted by molar-refractivity contribution is 5.72. The lowest BCUT2D eigenvalue weighted by atomic mass is 9.80. The molecule has 5 aromatic rings. The number of aromatic nitrogens is 4. The van der Waals surface area contributed by atoms with Crippen LogP contribution < -0.4 is 20.9 Å². The van der Waals surface area contributed by atoms with Crippen molar-refractivity contribution >= 4 is 0 Å². The van der Waals surface area contributed by atoms with Crippen molar-refractivity contribution < 1.29 is 9.47 Å². The zero-order valence-corrected chi connectivity index (χ0v) is 22.0. The maximum atomic E-state index is 10.1. The summed E-state index contributed by atoms with van der Waals surface area (Å²) in [6.45, 7) is 0. The predicted octanol–water partition coefficient (Wildman–Crippen LogP) is 4.90. The fourth-order valence-electron chi connectivity index (χ4n) is 5.69. The van der Waals surface area contributed by atoms with Gasteiger partial charge in [0.25, 0.3) is 0 Å². The molecular weight excluding hydrogens is 528 g/mol. The number of allylic oxidation sites excluding steroid dienone is 2. The first kappa shape index (κ1) is 24.8. The van der Waals surface area contributed by atoms with Crippen molar-refractivity contribution in [3.63, 3.8) is 0 Å². The minimum Gasteiger partial charge on any atom is -0.420 e. The first-order chi connectivity index (χ1) is 20.6. The third-order valence-corrected chi connectivity index (χ3v) is 7.61. The highest BCUT2D eigenvalue weighted by Gasteiger charge is 2.38. The van der Waals surface area contributed by atoms with Gasteiger partial charge in [0, 0.05) is 0 Å².